The third kappa shape index (κ3) is 4.49. The molecule has 0 saturated heterocycles. The number of hydrogen-bond donors (Lipinski definition) is 2. The maximum absolute atomic E-state index is 14.1. The summed E-state index contributed by atoms with van der Waals surface area (Å²) in [5.74, 6) is -1.54. The quantitative estimate of drug-likeness (QED) is 0.364. The molecule has 1 heterocycles. The molecule has 1 atom stereocenters. The van der Waals surface area contributed by atoms with Crippen molar-refractivity contribution in [3.8, 4) is 5.75 Å². The number of hydrogen-bond acceptors (Lipinski definition) is 4. The van der Waals surface area contributed by atoms with E-state index in [1.807, 2.05) is 19.1 Å². The summed E-state index contributed by atoms with van der Waals surface area (Å²) < 4.78 is 15.5. The van der Waals surface area contributed by atoms with Crippen molar-refractivity contribution in [2.75, 3.05) is 0 Å². The molecule has 0 spiro atoms. The van der Waals surface area contributed by atoms with E-state index in [0.29, 0.717) is 21.9 Å². The molecule has 0 bridgehead atoms. The highest BCUT2D eigenvalue weighted by molar-refractivity contribution is 6.30. The van der Waals surface area contributed by atoms with Gasteiger partial charge in [-0.3, -0.25) is 4.79 Å². The van der Waals surface area contributed by atoms with Crippen LogP contribution in [0.5, 0.6) is 5.75 Å². The fourth-order valence-corrected chi connectivity index (χ4v) is 3.58. The number of aromatic hydroxyl groups is 1. The lowest BCUT2D eigenvalue weighted by molar-refractivity contribution is 0.317. The number of phenols is 1. The van der Waals surface area contributed by atoms with E-state index < -0.39 is 11.6 Å². The van der Waals surface area contributed by atoms with E-state index in [1.165, 1.54) is 22.8 Å². The normalized spacial score (nSPS) is 12.8. The minimum atomic E-state index is -0.733. The van der Waals surface area contributed by atoms with Crippen LogP contribution in [0.25, 0.3) is 0 Å². The maximum atomic E-state index is 14.1. The van der Waals surface area contributed by atoms with Crippen LogP contribution in [0.4, 0.5) is 4.39 Å². The SMILES string of the molecule is Cc1cc(Cl)ccc1C(CC(=NO)c1ccc(=O)n(C)c1)c1ccc(O)c(F)c1. The molecule has 150 valence electrons. The summed E-state index contributed by atoms with van der Waals surface area (Å²) in [6, 6.07) is 12.6. The van der Waals surface area contributed by atoms with Gasteiger partial charge in [0, 0.05) is 42.2 Å². The first-order valence-electron chi connectivity index (χ1n) is 8.92. The number of oxime groups is 1. The van der Waals surface area contributed by atoms with E-state index in [-0.39, 0.29) is 17.9 Å². The van der Waals surface area contributed by atoms with Crippen LogP contribution in [0.15, 0.2) is 64.7 Å². The summed E-state index contributed by atoms with van der Waals surface area (Å²) in [6.45, 7) is 1.90. The number of phenolic OH excluding ortho intramolecular Hbond substituents is 1. The Hall–Kier alpha value is -3.12. The van der Waals surface area contributed by atoms with E-state index in [2.05, 4.69) is 5.16 Å². The smallest absolute Gasteiger partial charge is 0.250 e. The summed E-state index contributed by atoms with van der Waals surface area (Å²) in [4.78, 5) is 11.7. The van der Waals surface area contributed by atoms with Gasteiger partial charge in [0.2, 0.25) is 5.56 Å². The molecule has 0 radical (unpaired) electrons. The second kappa shape index (κ2) is 8.49. The van der Waals surface area contributed by atoms with Gasteiger partial charge < -0.3 is 14.9 Å². The Labute approximate surface area is 172 Å². The molecule has 0 aliphatic carbocycles. The van der Waals surface area contributed by atoms with Gasteiger partial charge in [0.1, 0.15) is 0 Å². The molecule has 5 nitrogen and oxygen atoms in total. The van der Waals surface area contributed by atoms with Gasteiger partial charge in [-0.15, -0.1) is 0 Å². The number of pyridine rings is 1. The predicted molar refractivity (Wildman–Crippen MR) is 111 cm³/mol. The van der Waals surface area contributed by atoms with Crippen LogP contribution >= 0.6 is 11.6 Å². The summed E-state index contributed by atoms with van der Waals surface area (Å²) in [5.41, 5.74) is 3.12. The molecule has 0 saturated carbocycles. The molecule has 0 aliphatic rings. The lowest BCUT2D eigenvalue weighted by Gasteiger charge is -2.21. The first-order valence-corrected chi connectivity index (χ1v) is 9.30. The molecule has 3 aromatic rings. The van der Waals surface area contributed by atoms with Crippen LogP contribution in [0.1, 0.15) is 34.6 Å². The summed E-state index contributed by atoms with van der Waals surface area (Å²) in [5, 5.41) is 23.2. The summed E-state index contributed by atoms with van der Waals surface area (Å²) in [6.07, 6.45) is 1.82. The standard InChI is InChI=1S/C22H20ClFN2O3/c1-13-9-16(23)5-6-17(13)18(14-3-7-21(27)19(24)10-14)11-20(25-29)15-4-8-22(28)26(2)12-15/h3-10,12,18,27,29H,11H2,1-2H3. The third-order valence-electron chi connectivity index (χ3n) is 4.92. The molecule has 0 aliphatic heterocycles. The first-order chi connectivity index (χ1) is 13.8. The Kier molecular flexibility index (Phi) is 6.03. The minimum Gasteiger partial charge on any atom is -0.505 e. The molecule has 0 fully saturated rings. The van der Waals surface area contributed by atoms with Crippen molar-refractivity contribution >= 4 is 17.3 Å². The Morgan fingerprint density at radius 3 is 2.59 bits per heavy atom. The number of nitrogens with zero attached hydrogens (tertiary/aromatic N) is 2. The van der Waals surface area contributed by atoms with Gasteiger partial charge in [-0.2, -0.15) is 0 Å². The van der Waals surface area contributed by atoms with Crippen molar-refractivity contribution < 1.29 is 14.7 Å². The molecular formula is C22H20ClFN2O3. The topological polar surface area (TPSA) is 74.8 Å². The molecule has 2 aromatic carbocycles. The van der Waals surface area contributed by atoms with Gasteiger partial charge in [0.15, 0.2) is 11.6 Å². The van der Waals surface area contributed by atoms with Crippen LogP contribution < -0.4 is 5.56 Å². The Bertz CT molecular complexity index is 1140. The van der Waals surface area contributed by atoms with Gasteiger partial charge in [0.25, 0.3) is 0 Å². The van der Waals surface area contributed by atoms with Gasteiger partial charge in [-0.05, 0) is 53.9 Å². The van der Waals surface area contributed by atoms with Gasteiger partial charge in [-0.1, -0.05) is 28.9 Å². The van der Waals surface area contributed by atoms with Crippen molar-refractivity contribution in [2.45, 2.75) is 19.3 Å². The molecule has 1 unspecified atom stereocenters. The first kappa shape index (κ1) is 20.6. The Balaban J connectivity index is 2.10. The second-order valence-corrected chi connectivity index (χ2v) is 7.32. The average Bonchev–Trinajstić information content (AvgIpc) is 2.68. The second-order valence-electron chi connectivity index (χ2n) is 6.88. The fourth-order valence-electron chi connectivity index (χ4n) is 3.35. The Morgan fingerprint density at radius 1 is 1.21 bits per heavy atom. The number of aromatic nitrogens is 1. The minimum absolute atomic E-state index is 0.184. The number of benzene rings is 2. The van der Waals surface area contributed by atoms with E-state index in [0.717, 1.165) is 11.1 Å². The molecule has 1 aromatic heterocycles. The van der Waals surface area contributed by atoms with E-state index in [9.17, 15) is 19.5 Å². The van der Waals surface area contributed by atoms with Gasteiger partial charge in [-0.25, -0.2) is 4.39 Å². The van der Waals surface area contributed by atoms with E-state index in [4.69, 9.17) is 11.6 Å². The Morgan fingerprint density at radius 2 is 1.97 bits per heavy atom. The van der Waals surface area contributed by atoms with Crippen molar-refractivity contribution in [3.63, 3.8) is 0 Å². The summed E-state index contributed by atoms with van der Waals surface area (Å²) in [7, 11) is 1.61. The zero-order chi connectivity index (χ0) is 21.1. The number of halogens is 2. The number of rotatable bonds is 5. The highest BCUT2D eigenvalue weighted by Gasteiger charge is 2.22. The van der Waals surface area contributed by atoms with Crippen LogP contribution in [0.3, 0.4) is 0 Å². The third-order valence-corrected chi connectivity index (χ3v) is 5.15. The van der Waals surface area contributed by atoms with Crippen LogP contribution in [-0.2, 0) is 7.05 Å². The monoisotopic (exact) mass is 414 g/mol. The van der Waals surface area contributed by atoms with Crippen molar-refractivity contribution in [3.05, 3.63) is 98.2 Å². The predicted octanol–water partition coefficient (Wildman–Crippen LogP) is 4.59. The van der Waals surface area contributed by atoms with Gasteiger partial charge >= 0.3 is 0 Å². The molecule has 0 amide bonds. The van der Waals surface area contributed by atoms with Gasteiger partial charge in [0.05, 0.1) is 5.71 Å². The number of aryl methyl sites for hydroxylation is 2. The van der Waals surface area contributed by atoms with E-state index in [1.54, 1.807) is 31.4 Å². The molecule has 3 rings (SSSR count). The molecular weight excluding hydrogens is 395 g/mol. The lowest BCUT2D eigenvalue weighted by Crippen LogP contribution is -2.18. The van der Waals surface area contributed by atoms with Crippen molar-refractivity contribution in [2.24, 2.45) is 12.2 Å². The van der Waals surface area contributed by atoms with Crippen LogP contribution in [0, 0.1) is 12.7 Å². The fraction of sp³-hybridized carbons (Fsp3) is 0.182. The maximum Gasteiger partial charge on any atom is 0.250 e. The van der Waals surface area contributed by atoms with E-state index >= 15 is 0 Å². The zero-order valence-electron chi connectivity index (χ0n) is 15.9. The van der Waals surface area contributed by atoms with Crippen molar-refractivity contribution in [1.82, 2.24) is 4.57 Å². The molecule has 2 N–H and O–H groups in total. The average molecular weight is 415 g/mol. The highest BCUT2D eigenvalue weighted by atomic mass is 35.5. The van der Waals surface area contributed by atoms with Crippen LogP contribution in [0.2, 0.25) is 5.02 Å². The van der Waals surface area contributed by atoms with Crippen LogP contribution in [-0.4, -0.2) is 20.6 Å². The molecule has 29 heavy (non-hydrogen) atoms. The summed E-state index contributed by atoms with van der Waals surface area (Å²) >= 11 is 6.09. The zero-order valence-corrected chi connectivity index (χ0v) is 16.7. The largest absolute Gasteiger partial charge is 0.505 e. The lowest BCUT2D eigenvalue weighted by atomic mass is 9.83. The highest BCUT2D eigenvalue weighted by Crippen LogP contribution is 2.34. The van der Waals surface area contributed by atoms with Crippen molar-refractivity contribution in [1.29, 1.82) is 0 Å². The molecule has 7 heteroatoms.